The topological polar surface area (TPSA) is 55.6 Å². The van der Waals surface area contributed by atoms with Crippen LogP contribution in [0.1, 0.15) is 25.3 Å². The van der Waals surface area contributed by atoms with Gasteiger partial charge >= 0.3 is 0 Å². The van der Waals surface area contributed by atoms with Gasteiger partial charge in [0.25, 0.3) is 0 Å². The number of nitrogens with two attached hydrogens (primary N) is 1. The third kappa shape index (κ3) is 5.30. The zero-order valence-corrected chi connectivity index (χ0v) is 11.9. The van der Waals surface area contributed by atoms with Gasteiger partial charge in [-0.2, -0.15) is 0 Å². The Bertz CT molecular complexity index is 393. The molecule has 0 aliphatic rings. The second-order valence-electron chi connectivity index (χ2n) is 4.52. The predicted molar refractivity (Wildman–Crippen MR) is 77.2 cm³/mol. The molecule has 1 rings (SSSR count). The summed E-state index contributed by atoms with van der Waals surface area (Å²) in [5, 5.41) is 0. The summed E-state index contributed by atoms with van der Waals surface area (Å²) in [6.07, 6.45) is 2.17. The highest BCUT2D eigenvalue weighted by Gasteiger charge is 2.08. The maximum atomic E-state index is 11.8. The van der Waals surface area contributed by atoms with E-state index in [0.29, 0.717) is 26.1 Å². The maximum Gasteiger partial charge on any atom is 0.225 e. The van der Waals surface area contributed by atoms with Crippen LogP contribution >= 0.6 is 0 Å². The van der Waals surface area contributed by atoms with Crippen LogP contribution in [-0.2, 0) is 11.2 Å². The van der Waals surface area contributed by atoms with Gasteiger partial charge in [-0.15, -0.1) is 0 Å². The number of hydrogen-bond acceptors (Lipinski definition) is 3. The molecule has 0 saturated carbocycles. The summed E-state index contributed by atoms with van der Waals surface area (Å²) in [5.74, 6) is 0.977. The molecule has 106 valence electrons. The fourth-order valence-electron chi connectivity index (χ4n) is 1.83. The first-order valence-electron chi connectivity index (χ1n) is 6.83. The molecule has 1 aromatic carbocycles. The number of amides is 1. The van der Waals surface area contributed by atoms with Crippen molar-refractivity contribution in [1.82, 2.24) is 4.90 Å². The van der Waals surface area contributed by atoms with Crippen LogP contribution in [0.4, 0.5) is 0 Å². The highest BCUT2D eigenvalue weighted by atomic mass is 16.5. The Kier molecular flexibility index (Phi) is 6.97. The molecule has 0 bridgehead atoms. The number of para-hydroxylation sites is 1. The Morgan fingerprint density at radius 1 is 1.37 bits per heavy atom. The van der Waals surface area contributed by atoms with E-state index in [2.05, 4.69) is 6.92 Å². The summed E-state index contributed by atoms with van der Waals surface area (Å²) >= 11 is 0. The number of rotatable bonds is 8. The summed E-state index contributed by atoms with van der Waals surface area (Å²) in [6, 6.07) is 7.94. The van der Waals surface area contributed by atoms with Gasteiger partial charge in [-0.25, -0.2) is 0 Å². The average Bonchev–Trinajstić information content (AvgIpc) is 2.45. The first kappa shape index (κ1) is 15.5. The third-order valence-electron chi connectivity index (χ3n) is 3.05. The highest BCUT2D eigenvalue weighted by Crippen LogP contribution is 2.18. The Labute approximate surface area is 115 Å². The van der Waals surface area contributed by atoms with E-state index in [9.17, 15) is 4.79 Å². The van der Waals surface area contributed by atoms with E-state index >= 15 is 0 Å². The number of ether oxygens (including phenoxy) is 1. The first-order chi connectivity index (χ1) is 9.19. The van der Waals surface area contributed by atoms with Crippen molar-refractivity contribution in [1.29, 1.82) is 0 Å². The number of aryl methyl sites for hydroxylation is 1. The Morgan fingerprint density at radius 2 is 2.11 bits per heavy atom. The zero-order valence-electron chi connectivity index (χ0n) is 11.9. The van der Waals surface area contributed by atoms with Gasteiger partial charge in [0.05, 0.1) is 13.0 Å². The molecular formula is C15H24N2O2. The van der Waals surface area contributed by atoms with Crippen LogP contribution < -0.4 is 10.5 Å². The van der Waals surface area contributed by atoms with Crippen molar-refractivity contribution in [2.45, 2.75) is 26.2 Å². The molecule has 1 amide bonds. The summed E-state index contributed by atoms with van der Waals surface area (Å²) in [6.45, 7) is 3.83. The van der Waals surface area contributed by atoms with Crippen molar-refractivity contribution < 1.29 is 9.53 Å². The van der Waals surface area contributed by atoms with E-state index in [1.165, 1.54) is 5.56 Å². The molecule has 0 aliphatic carbocycles. The van der Waals surface area contributed by atoms with Crippen LogP contribution in [0.15, 0.2) is 24.3 Å². The van der Waals surface area contributed by atoms with Gasteiger partial charge in [-0.1, -0.05) is 25.1 Å². The highest BCUT2D eigenvalue weighted by molar-refractivity contribution is 5.75. The summed E-state index contributed by atoms with van der Waals surface area (Å²) < 4.78 is 5.68. The minimum atomic E-state index is 0.0995. The van der Waals surface area contributed by atoms with E-state index in [0.717, 1.165) is 18.6 Å². The van der Waals surface area contributed by atoms with Gasteiger partial charge in [0, 0.05) is 13.6 Å². The number of hydrogen-bond donors (Lipinski definition) is 1. The zero-order chi connectivity index (χ0) is 14.1. The lowest BCUT2D eigenvalue weighted by Gasteiger charge is -2.17. The van der Waals surface area contributed by atoms with Crippen LogP contribution in [0.25, 0.3) is 0 Å². The molecule has 0 aliphatic heterocycles. The number of carbonyl (C=O) groups excluding carboxylic acids is 1. The summed E-state index contributed by atoms with van der Waals surface area (Å²) in [7, 11) is 1.80. The molecule has 1 aromatic rings. The van der Waals surface area contributed by atoms with Crippen molar-refractivity contribution in [2.75, 3.05) is 26.7 Å². The van der Waals surface area contributed by atoms with Crippen LogP contribution in [0.2, 0.25) is 0 Å². The third-order valence-corrected chi connectivity index (χ3v) is 3.05. The molecule has 0 fully saturated rings. The smallest absolute Gasteiger partial charge is 0.225 e. The number of nitrogens with zero attached hydrogens (tertiary/aromatic N) is 1. The molecular weight excluding hydrogens is 240 g/mol. The molecule has 0 atom stereocenters. The monoisotopic (exact) mass is 264 g/mol. The van der Waals surface area contributed by atoms with Gasteiger partial charge in [0.1, 0.15) is 5.75 Å². The molecule has 0 radical (unpaired) electrons. The SMILES string of the molecule is CCc1ccccc1OCCC(=O)N(C)CCCN. The lowest BCUT2D eigenvalue weighted by molar-refractivity contribution is -0.130. The molecule has 2 N–H and O–H groups in total. The van der Waals surface area contributed by atoms with Crippen LogP contribution in [-0.4, -0.2) is 37.6 Å². The molecule has 0 saturated heterocycles. The number of benzene rings is 1. The van der Waals surface area contributed by atoms with E-state index in [4.69, 9.17) is 10.5 Å². The second-order valence-corrected chi connectivity index (χ2v) is 4.52. The van der Waals surface area contributed by atoms with E-state index in [-0.39, 0.29) is 5.91 Å². The second kappa shape index (κ2) is 8.53. The Balaban J connectivity index is 2.35. The van der Waals surface area contributed by atoms with Gasteiger partial charge in [-0.3, -0.25) is 4.79 Å². The van der Waals surface area contributed by atoms with Gasteiger partial charge in [0.2, 0.25) is 5.91 Å². The van der Waals surface area contributed by atoms with E-state index < -0.39 is 0 Å². The quantitative estimate of drug-likeness (QED) is 0.779. The summed E-state index contributed by atoms with van der Waals surface area (Å²) in [5.41, 5.74) is 6.60. The lowest BCUT2D eigenvalue weighted by Crippen LogP contribution is -2.30. The van der Waals surface area contributed by atoms with Crippen molar-refractivity contribution in [2.24, 2.45) is 5.73 Å². The van der Waals surface area contributed by atoms with E-state index in [1.54, 1.807) is 11.9 Å². The fourth-order valence-corrected chi connectivity index (χ4v) is 1.83. The van der Waals surface area contributed by atoms with Crippen molar-refractivity contribution >= 4 is 5.91 Å². The molecule has 4 nitrogen and oxygen atoms in total. The van der Waals surface area contributed by atoms with Gasteiger partial charge < -0.3 is 15.4 Å². The standard InChI is InChI=1S/C15H24N2O2/c1-3-13-7-4-5-8-14(13)19-12-9-15(18)17(2)11-6-10-16/h4-5,7-8H,3,6,9-12,16H2,1-2H3. The van der Waals surface area contributed by atoms with Crippen molar-refractivity contribution in [3.63, 3.8) is 0 Å². The molecule has 0 aromatic heterocycles. The lowest BCUT2D eigenvalue weighted by atomic mass is 10.1. The molecule has 0 spiro atoms. The fraction of sp³-hybridized carbons (Fsp3) is 0.533. The maximum absolute atomic E-state index is 11.8. The van der Waals surface area contributed by atoms with Crippen molar-refractivity contribution in [3.05, 3.63) is 29.8 Å². The molecule has 19 heavy (non-hydrogen) atoms. The molecule has 4 heteroatoms. The van der Waals surface area contributed by atoms with Gasteiger partial charge in [0.15, 0.2) is 0 Å². The van der Waals surface area contributed by atoms with Crippen molar-refractivity contribution in [3.8, 4) is 5.75 Å². The first-order valence-corrected chi connectivity index (χ1v) is 6.83. The molecule has 0 heterocycles. The summed E-state index contributed by atoms with van der Waals surface area (Å²) in [4.78, 5) is 13.5. The minimum Gasteiger partial charge on any atom is -0.493 e. The normalized spacial score (nSPS) is 10.3. The minimum absolute atomic E-state index is 0.0995. The largest absolute Gasteiger partial charge is 0.493 e. The number of carbonyl (C=O) groups is 1. The average molecular weight is 264 g/mol. The van der Waals surface area contributed by atoms with Crippen LogP contribution in [0, 0.1) is 0 Å². The Morgan fingerprint density at radius 3 is 2.79 bits per heavy atom. The van der Waals surface area contributed by atoms with Crippen LogP contribution in [0.3, 0.4) is 0 Å². The van der Waals surface area contributed by atoms with Gasteiger partial charge in [-0.05, 0) is 31.0 Å². The molecule has 0 unspecified atom stereocenters. The van der Waals surface area contributed by atoms with E-state index in [1.807, 2.05) is 24.3 Å². The van der Waals surface area contributed by atoms with Crippen LogP contribution in [0.5, 0.6) is 5.75 Å². The Hall–Kier alpha value is -1.55. The predicted octanol–water partition coefficient (Wildman–Crippen LogP) is 1.83.